The van der Waals surface area contributed by atoms with Crippen LogP contribution in [0.4, 0.5) is 11.4 Å². The summed E-state index contributed by atoms with van der Waals surface area (Å²) >= 11 is 0. The van der Waals surface area contributed by atoms with Crippen molar-refractivity contribution in [3.05, 3.63) is 58.7 Å². The third-order valence-corrected chi connectivity index (χ3v) is 7.80. The van der Waals surface area contributed by atoms with E-state index in [-0.39, 0.29) is 16.5 Å². The Morgan fingerprint density at radius 3 is 1.21 bits per heavy atom. The van der Waals surface area contributed by atoms with E-state index in [0.29, 0.717) is 0 Å². The Kier molecular flexibility index (Phi) is 19.1. The van der Waals surface area contributed by atoms with E-state index in [1.807, 2.05) is 0 Å². The monoisotopic (exact) mass is 574 g/mol. The first-order chi connectivity index (χ1) is 18.6. The van der Waals surface area contributed by atoms with E-state index in [0.717, 1.165) is 49.9 Å². The third-order valence-electron chi connectivity index (χ3n) is 7.80. The van der Waals surface area contributed by atoms with Gasteiger partial charge in [-0.25, -0.2) is 0 Å². The third kappa shape index (κ3) is 12.5. The second-order valence-electron chi connectivity index (χ2n) is 10.8. The summed E-state index contributed by atoms with van der Waals surface area (Å²) in [6, 6.07) is 13.7. The normalized spacial score (nSPS) is 12.1. The molecule has 0 saturated heterocycles. The number of aryl methyl sites for hydroxylation is 4. The van der Waals surface area contributed by atoms with Gasteiger partial charge in [-0.05, 0) is 97.9 Å². The average molecular weight is 576 g/mol. The molecule has 0 spiro atoms. The van der Waals surface area contributed by atoms with E-state index in [2.05, 4.69) is 77.9 Å². The van der Waals surface area contributed by atoms with Crippen LogP contribution in [-0.4, -0.2) is 11.4 Å². The van der Waals surface area contributed by atoms with Crippen molar-refractivity contribution in [2.75, 3.05) is 0 Å². The molecule has 0 aliphatic carbocycles. The zero-order valence-electron chi connectivity index (χ0n) is 26.0. The predicted octanol–water partition coefficient (Wildman–Crippen LogP) is 11.5. The zero-order valence-corrected chi connectivity index (χ0v) is 27.0. The maximum Gasteiger partial charge on any atom is 0.0636 e. The van der Waals surface area contributed by atoms with Crippen LogP contribution < -0.4 is 0 Å². The number of unbranched alkanes of at least 4 members (excludes halogenated alkanes) is 8. The molecule has 2 rings (SSSR count). The van der Waals surface area contributed by atoms with Crippen LogP contribution in [0.15, 0.2) is 46.4 Å². The summed E-state index contributed by atoms with van der Waals surface area (Å²) in [6.07, 6.45) is 19.1. The molecule has 0 fully saturated rings. The standard InChI is InChI=1S/C36H56N2.Ni/c1-7-13-15-17-18-20-22-36(38-34-26-24-30(10-4)32(12-6)28-34)35(21-19-16-14-8-2)37-33-25-23-29(9-3)31(11-5)27-33;/h23-28H,7-22H2,1-6H3;. The van der Waals surface area contributed by atoms with Crippen LogP contribution >= 0.6 is 0 Å². The number of benzene rings is 2. The molecule has 2 aromatic carbocycles. The first kappa shape index (κ1) is 35.3. The van der Waals surface area contributed by atoms with Crippen LogP contribution in [0.1, 0.15) is 141 Å². The zero-order chi connectivity index (χ0) is 27.6. The summed E-state index contributed by atoms with van der Waals surface area (Å²) < 4.78 is 0. The smallest absolute Gasteiger partial charge is 0.0636 e. The Balaban J connectivity index is 0.00000760. The number of nitrogens with zero attached hydrogens (tertiary/aromatic N) is 2. The molecule has 0 heterocycles. The number of rotatable bonds is 19. The van der Waals surface area contributed by atoms with Gasteiger partial charge in [0.1, 0.15) is 0 Å². The maximum atomic E-state index is 5.33. The van der Waals surface area contributed by atoms with E-state index in [1.54, 1.807) is 0 Å². The molecule has 0 unspecified atom stereocenters. The van der Waals surface area contributed by atoms with Gasteiger partial charge in [0, 0.05) is 16.5 Å². The second-order valence-corrected chi connectivity index (χ2v) is 10.8. The van der Waals surface area contributed by atoms with Crippen molar-refractivity contribution in [1.29, 1.82) is 0 Å². The topological polar surface area (TPSA) is 24.7 Å². The molecule has 2 aromatic rings. The quantitative estimate of drug-likeness (QED) is 0.0904. The van der Waals surface area contributed by atoms with Crippen molar-refractivity contribution in [2.45, 2.75) is 144 Å². The van der Waals surface area contributed by atoms with Crippen LogP contribution in [0.2, 0.25) is 0 Å². The molecular formula is C36H56N2Ni. The fraction of sp³-hybridized carbons (Fsp3) is 0.611. The summed E-state index contributed by atoms with van der Waals surface area (Å²) in [5.74, 6) is 0. The van der Waals surface area contributed by atoms with Crippen molar-refractivity contribution in [3.8, 4) is 0 Å². The van der Waals surface area contributed by atoms with Gasteiger partial charge in [-0.2, -0.15) is 0 Å². The van der Waals surface area contributed by atoms with Crippen LogP contribution in [-0.2, 0) is 42.2 Å². The Labute approximate surface area is 251 Å². The van der Waals surface area contributed by atoms with Crippen LogP contribution in [0.5, 0.6) is 0 Å². The van der Waals surface area contributed by atoms with Crippen molar-refractivity contribution in [2.24, 2.45) is 9.98 Å². The fourth-order valence-corrected chi connectivity index (χ4v) is 5.34. The second kappa shape index (κ2) is 21.1. The first-order valence-corrected chi connectivity index (χ1v) is 16.0. The molecule has 0 amide bonds. The molecule has 0 saturated carbocycles. The van der Waals surface area contributed by atoms with Gasteiger partial charge in [-0.1, -0.05) is 105 Å². The summed E-state index contributed by atoms with van der Waals surface area (Å²) in [4.78, 5) is 10.7. The Morgan fingerprint density at radius 2 is 0.821 bits per heavy atom. The number of hydrogen-bond acceptors (Lipinski definition) is 2. The van der Waals surface area contributed by atoms with Crippen LogP contribution in [0.3, 0.4) is 0 Å². The summed E-state index contributed by atoms with van der Waals surface area (Å²) in [6.45, 7) is 13.6. The Morgan fingerprint density at radius 1 is 0.462 bits per heavy atom. The van der Waals surface area contributed by atoms with Gasteiger partial charge in [0.25, 0.3) is 0 Å². The number of aliphatic imine (C=N–C) groups is 2. The molecule has 0 radical (unpaired) electrons. The molecule has 0 aliphatic heterocycles. The minimum Gasteiger partial charge on any atom is -0.252 e. The van der Waals surface area contributed by atoms with Gasteiger partial charge in [-0.15, -0.1) is 0 Å². The van der Waals surface area contributed by atoms with Crippen molar-refractivity contribution in [1.82, 2.24) is 0 Å². The molecular weight excluding hydrogens is 519 g/mol. The van der Waals surface area contributed by atoms with E-state index < -0.39 is 0 Å². The molecule has 2 nitrogen and oxygen atoms in total. The Hall–Kier alpha value is -1.73. The molecule has 39 heavy (non-hydrogen) atoms. The van der Waals surface area contributed by atoms with Crippen molar-refractivity contribution < 1.29 is 16.5 Å². The van der Waals surface area contributed by atoms with Gasteiger partial charge < -0.3 is 0 Å². The van der Waals surface area contributed by atoms with E-state index >= 15 is 0 Å². The SMILES string of the molecule is CCCCCCCCC(=Nc1ccc(CC)c(CC)c1)C(CCCCCC)=Nc1ccc(CC)c(CC)c1.[Ni]. The van der Waals surface area contributed by atoms with Crippen molar-refractivity contribution in [3.63, 3.8) is 0 Å². The summed E-state index contributed by atoms with van der Waals surface area (Å²) in [5.41, 5.74) is 10.3. The van der Waals surface area contributed by atoms with E-state index in [4.69, 9.17) is 9.98 Å². The van der Waals surface area contributed by atoms with Gasteiger partial charge >= 0.3 is 0 Å². The fourth-order valence-electron chi connectivity index (χ4n) is 5.34. The Bertz CT molecular complexity index is 1010. The first-order valence-electron chi connectivity index (χ1n) is 16.0. The minimum absolute atomic E-state index is 0. The maximum absolute atomic E-state index is 5.33. The van der Waals surface area contributed by atoms with Crippen molar-refractivity contribution >= 4 is 22.8 Å². The average Bonchev–Trinajstić information content (AvgIpc) is 2.95. The van der Waals surface area contributed by atoms with Gasteiger partial charge in [0.15, 0.2) is 0 Å². The van der Waals surface area contributed by atoms with Gasteiger partial charge in [-0.3, -0.25) is 9.98 Å². The van der Waals surface area contributed by atoms with E-state index in [9.17, 15) is 0 Å². The largest absolute Gasteiger partial charge is 0.252 e. The molecule has 0 N–H and O–H groups in total. The number of hydrogen-bond donors (Lipinski definition) is 0. The van der Waals surface area contributed by atoms with E-state index in [1.165, 1.54) is 97.9 Å². The molecule has 0 aromatic heterocycles. The molecule has 0 bridgehead atoms. The summed E-state index contributed by atoms with van der Waals surface area (Å²) in [7, 11) is 0. The molecule has 3 heteroatoms. The minimum atomic E-state index is 0. The molecule has 0 atom stereocenters. The van der Waals surface area contributed by atoms with Gasteiger partial charge in [0.2, 0.25) is 0 Å². The van der Waals surface area contributed by atoms with Crippen LogP contribution in [0, 0.1) is 0 Å². The molecule has 0 aliphatic rings. The molecule has 220 valence electrons. The predicted molar refractivity (Wildman–Crippen MR) is 171 cm³/mol. The summed E-state index contributed by atoms with van der Waals surface area (Å²) in [5, 5.41) is 0. The van der Waals surface area contributed by atoms with Gasteiger partial charge in [0.05, 0.1) is 22.8 Å². The van der Waals surface area contributed by atoms with Crippen LogP contribution in [0.25, 0.3) is 0 Å².